The Balaban J connectivity index is 7.40. The van der Waals surface area contributed by atoms with E-state index in [1.54, 1.807) is 42.7 Å². The van der Waals surface area contributed by atoms with E-state index in [0.717, 1.165) is 25.9 Å². The fourth-order valence-corrected chi connectivity index (χ4v) is 12.1. The van der Waals surface area contributed by atoms with E-state index in [-0.39, 0.29) is 0 Å². The Morgan fingerprint density at radius 1 is 0.472 bits per heavy atom. The van der Waals surface area contributed by atoms with Gasteiger partial charge < -0.3 is 0 Å². The Morgan fingerprint density at radius 3 is 0.944 bits per heavy atom. The molecule has 0 aliphatic carbocycles. The van der Waals surface area contributed by atoms with E-state index in [2.05, 4.69) is 32.5 Å². The number of hydrogen-bond donors (Lipinski definition) is 0. The van der Waals surface area contributed by atoms with E-state index in [1.807, 2.05) is 0 Å². The van der Waals surface area contributed by atoms with Gasteiger partial charge in [-0.05, 0) is 0 Å². The third-order valence-electron chi connectivity index (χ3n) is 6.40. The Morgan fingerprint density at radius 2 is 0.750 bits per heavy atom. The second kappa shape index (κ2) is 21.2. The molecule has 0 saturated carbocycles. The van der Waals surface area contributed by atoms with Gasteiger partial charge in [0.1, 0.15) is 0 Å². The predicted molar refractivity (Wildman–Crippen MR) is 151 cm³/mol. The molecule has 0 unspecified atom stereocenters. The Hall–Kier alpha value is 0.320. The normalized spacial score (nSPS) is 13.9. The van der Waals surface area contributed by atoms with Crippen LogP contribution >= 0.6 is 17.8 Å². The molecule has 36 heavy (non-hydrogen) atoms. The van der Waals surface area contributed by atoms with Crippen molar-refractivity contribution in [2.24, 2.45) is 0 Å². The summed E-state index contributed by atoms with van der Waals surface area (Å²) in [5, 5.41) is 0. The average Bonchev–Trinajstić information content (AvgIpc) is 2.89. The van der Waals surface area contributed by atoms with Crippen molar-refractivity contribution in [3.63, 3.8) is 0 Å². The number of ether oxygens (including phenoxy) is 6. The van der Waals surface area contributed by atoms with Crippen molar-refractivity contribution in [3.8, 4) is 0 Å². The van der Waals surface area contributed by atoms with E-state index in [9.17, 15) is 0 Å². The molecular formula is C24H56ClN4O6P. The summed E-state index contributed by atoms with van der Waals surface area (Å²) in [5.41, 5.74) is 0. The van der Waals surface area contributed by atoms with Gasteiger partial charge >= 0.3 is 226 Å². The number of rotatable bonds is 26. The summed E-state index contributed by atoms with van der Waals surface area (Å²) in [6.07, 6.45) is 2.11. The number of nitrogens with zero attached hydrogens (tertiary/aromatic N) is 4. The van der Waals surface area contributed by atoms with Crippen molar-refractivity contribution in [1.82, 2.24) is 18.7 Å². The fourth-order valence-electron chi connectivity index (χ4n) is 4.53. The molecule has 0 saturated heterocycles. The summed E-state index contributed by atoms with van der Waals surface area (Å²) in [6.45, 7) is 9.44. The zero-order valence-corrected chi connectivity index (χ0v) is 26.0. The predicted octanol–water partition coefficient (Wildman–Crippen LogP) is 3.26. The molecule has 0 amide bonds. The average molecular weight is 563 g/mol. The van der Waals surface area contributed by atoms with Crippen molar-refractivity contribution in [2.45, 2.75) is 26.7 Å². The minimum atomic E-state index is -3.78. The third-order valence-corrected chi connectivity index (χ3v) is 14.5. The molecular weight excluding hydrogens is 507 g/mol. The van der Waals surface area contributed by atoms with Gasteiger partial charge in [0, 0.05) is 0 Å². The van der Waals surface area contributed by atoms with Gasteiger partial charge in [0.25, 0.3) is 0 Å². The molecule has 0 heterocycles. The first-order valence-electron chi connectivity index (χ1n) is 13.1. The Kier molecular flexibility index (Phi) is 21.4. The Bertz CT molecular complexity index is 452. The second-order valence-electron chi connectivity index (χ2n) is 8.56. The fraction of sp³-hybridized carbons (Fsp3) is 1.00. The summed E-state index contributed by atoms with van der Waals surface area (Å²) < 4.78 is 43.3. The zero-order valence-electron chi connectivity index (χ0n) is 24.4. The number of halogens is 1. The molecule has 0 bridgehead atoms. The van der Waals surface area contributed by atoms with Crippen LogP contribution in [0.25, 0.3) is 0 Å². The second-order valence-corrected chi connectivity index (χ2v) is 14.3. The van der Waals surface area contributed by atoms with Gasteiger partial charge in [0.05, 0.1) is 0 Å². The van der Waals surface area contributed by atoms with Crippen LogP contribution in [-0.4, -0.2) is 153 Å². The van der Waals surface area contributed by atoms with Gasteiger partial charge in [0.15, 0.2) is 0 Å². The molecule has 0 aromatic heterocycles. The number of unbranched alkanes of at least 4 members (excludes halogenated alkanes) is 1. The molecule has 12 heteroatoms. The first-order chi connectivity index (χ1) is 17.4. The summed E-state index contributed by atoms with van der Waals surface area (Å²) in [7, 11) is 10.4. The SMILES string of the molecule is CCCCN(CC)P(Cl)(N(CCOC)CCOC)(N(CCOC)CCOC)N(CCOC)CCOC. The molecule has 0 aromatic rings. The first kappa shape index (κ1) is 36.3. The monoisotopic (exact) mass is 562 g/mol. The molecule has 0 radical (unpaired) electrons. The third kappa shape index (κ3) is 9.81. The van der Waals surface area contributed by atoms with Crippen molar-refractivity contribution >= 4 is 17.8 Å². The molecule has 0 N–H and O–H groups in total. The van der Waals surface area contributed by atoms with E-state index in [0.29, 0.717) is 78.9 Å². The molecule has 0 atom stereocenters. The molecule has 0 aliphatic rings. The number of hydrogen-bond acceptors (Lipinski definition) is 10. The van der Waals surface area contributed by atoms with Gasteiger partial charge in [-0.1, -0.05) is 0 Å². The maximum absolute atomic E-state index is 8.51. The molecule has 220 valence electrons. The topological polar surface area (TPSA) is 68.3 Å². The summed E-state index contributed by atoms with van der Waals surface area (Å²) >= 11 is 8.51. The molecule has 0 aliphatic heterocycles. The van der Waals surface area contributed by atoms with Crippen LogP contribution in [0.15, 0.2) is 0 Å². The van der Waals surface area contributed by atoms with E-state index in [1.165, 1.54) is 0 Å². The van der Waals surface area contributed by atoms with Crippen molar-refractivity contribution < 1.29 is 28.4 Å². The number of methoxy groups -OCH3 is 6. The first-order valence-corrected chi connectivity index (χ1v) is 16.0. The maximum atomic E-state index is 8.51. The van der Waals surface area contributed by atoms with Crippen molar-refractivity contribution in [2.75, 3.05) is 135 Å². The van der Waals surface area contributed by atoms with E-state index >= 15 is 0 Å². The van der Waals surface area contributed by atoms with Gasteiger partial charge in [0.2, 0.25) is 0 Å². The van der Waals surface area contributed by atoms with Crippen LogP contribution in [-0.2, 0) is 28.4 Å². The van der Waals surface area contributed by atoms with Crippen LogP contribution < -0.4 is 0 Å². The zero-order chi connectivity index (χ0) is 27.3. The quantitative estimate of drug-likeness (QED) is 0.147. The molecule has 0 spiro atoms. The minimum absolute atomic E-state index is 0.546. The molecule has 0 fully saturated rings. The molecule has 0 rings (SSSR count). The summed E-state index contributed by atoms with van der Waals surface area (Å²) in [4.78, 5) is 0. The van der Waals surface area contributed by atoms with E-state index < -0.39 is 6.56 Å². The van der Waals surface area contributed by atoms with Gasteiger partial charge in [-0.25, -0.2) is 0 Å². The van der Waals surface area contributed by atoms with Gasteiger partial charge in [-0.15, -0.1) is 0 Å². The standard InChI is InChI=1S/C24H56ClN4O6P/c1-9-11-12-26(10-2)36(25,27(13-19-30-3)14-20-31-4,28(15-21-32-5)16-22-33-6)29(17-23-34-7)18-24-35-8/h9-24H2,1-8H3. The molecule has 10 nitrogen and oxygen atoms in total. The van der Waals surface area contributed by atoms with Crippen molar-refractivity contribution in [1.29, 1.82) is 0 Å². The van der Waals surface area contributed by atoms with Crippen LogP contribution in [0.1, 0.15) is 26.7 Å². The van der Waals surface area contributed by atoms with Gasteiger partial charge in [-0.3, -0.25) is 0 Å². The Labute approximate surface area is 226 Å². The van der Waals surface area contributed by atoms with Gasteiger partial charge in [-0.2, -0.15) is 0 Å². The summed E-state index contributed by atoms with van der Waals surface area (Å²) in [6, 6.07) is 0. The van der Waals surface area contributed by atoms with Crippen LogP contribution in [0.3, 0.4) is 0 Å². The van der Waals surface area contributed by atoms with E-state index in [4.69, 9.17) is 39.7 Å². The van der Waals surface area contributed by atoms with Crippen LogP contribution in [0.4, 0.5) is 0 Å². The summed E-state index contributed by atoms with van der Waals surface area (Å²) in [5.74, 6) is 0. The molecule has 0 aromatic carbocycles. The van der Waals surface area contributed by atoms with Crippen LogP contribution in [0.5, 0.6) is 0 Å². The van der Waals surface area contributed by atoms with Crippen molar-refractivity contribution in [3.05, 3.63) is 0 Å². The van der Waals surface area contributed by atoms with Crippen LogP contribution in [0.2, 0.25) is 0 Å². The van der Waals surface area contributed by atoms with Crippen LogP contribution in [0, 0.1) is 0 Å².